The van der Waals surface area contributed by atoms with Crippen molar-refractivity contribution in [3.63, 3.8) is 0 Å². The van der Waals surface area contributed by atoms with Gasteiger partial charge in [0.15, 0.2) is 5.41 Å². The lowest BCUT2D eigenvalue weighted by Crippen LogP contribution is -2.45. The Morgan fingerprint density at radius 1 is 1.05 bits per heavy atom. The molecule has 0 rings (SSSR count). The summed E-state index contributed by atoms with van der Waals surface area (Å²) in [4.78, 5) is 24.6. The molecule has 0 amide bonds. The van der Waals surface area contributed by atoms with Gasteiger partial charge in [0.2, 0.25) is 0 Å². The second-order valence-corrected chi connectivity index (χ2v) is 4.43. The SMILES string of the molecule is CC/C=C\C(C(=O)OCC)(C(=O)OCC)[C@@H](C)CC. The Kier molecular flexibility index (Phi) is 8.12. The smallest absolute Gasteiger partial charge is 0.327 e. The van der Waals surface area contributed by atoms with Gasteiger partial charge in [0.05, 0.1) is 13.2 Å². The molecule has 0 bridgehead atoms. The summed E-state index contributed by atoms with van der Waals surface area (Å²) in [5.41, 5.74) is -1.32. The first-order valence-corrected chi connectivity index (χ1v) is 7.03. The Morgan fingerprint density at radius 2 is 1.53 bits per heavy atom. The molecule has 0 aliphatic rings. The van der Waals surface area contributed by atoms with E-state index in [1.54, 1.807) is 19.9 Å². The lowest BCUT2D eigenvalue weighted by molar-refractivity contribution is -0.171. The van der Waals surface area contributed by atoms with Crippen molar-refractivity contribution < 1.29 is 19.1 Å². The second kappa shape index (κ2) is 8.73. The molecule has 0 unspecified atom stereocenters. The zero-order valence-corrected chi connectivity index (χ0v) is 12.7. The third-order valence-corrected chi connectivity index (χ3v) is 3.23. The first-order chi connectivity index (χ1) is 9.00. The first-order valence-electron chi connectivity index (χ1n) is 7.03. The van der Waals surface area contributed by atoms with Crippen LogP contribution >= 0.6 is 0 Å². The van der Waals surface area contributed by atoms with Gasteiger partial charge in [-0.05, 0) is 26.2 Å². The van der Waals surface area contributed by atoms with Crippen molar-refractivity contribution in [2.45, 2.75) is 47.5 Å². The number of hydrogen-bond donors (Lipinski definition) is 0. The fourth-order valence-electron chi connectivity index (χ4n) is 1.91. The molecule has 0 aromatic carbocycles. The van der Waals surface area contributed by atoms with Crippen molar-refractivity contribution in [1.82, 2.24) is 0 Å². The van der Waals surface area contributed by atoms with E-state index in [0.717, 1.165) is 6.42 Å². The summed E-state index contributed by atoms with van der Waals surface area (Å²) < 4.78 is 10.2. The van der Waals surface area contributed by atoms with Gasteiger partial charge in [-0.25, -0.2) is 0 Å². The van der Waals surface area contributed by atoms with Gasteiger partial charge in [0.1, 0.15) is 0 Å². The third-order valence-electron chi connectivity index (χ3n) is 3.23. The fraction of sp³-hybridized carbons (Fsp3) is 0.733. The summed E-state index contributed by atoms with van der Waals surface area (Å²) >= 11 is 0. The van der Waals surface area contributed by atoms with Gasteiger partial charge in [0.25, 0.3) is 0 Å². The molecule has 0 aliphatic carbocycles. The predicted octanol–water partition coefficient (Wildman–Crippen LogP) is 3.11. The minimum atomic E-state index is -1.32. The van der Waals surface area contributed by atoms with Crippen LogP contribution in [0.1, 0.15) is 47.5 Å². The molecule has 0 aliphatic heterocycles. The summed E-state index contributed by atoms with van der Waals surface area (Å²) in [6, 6.07) is 0. The number of carbonyl (C=O) groups is 2. The van der Waals surface area contributed by atoms with E-state index in [-0.39, 0.29) is 19.1 Å². The Morgan fingerprint density at radius 3 is 1.84 bits per heavy atom. The zero-order chi connectivity index (χ0) is 14.9. The minimum Gasteiger partial charge on any atom is -0.465 e. The third kappa shape index (κ3) is 4.08. The lowest BCUT2D eigenvalue weighted by Gasteiger charge is -2.31. The van der Waals surface area contributed by atoms with Gasteiger partial charge in [-0.3, -0.25) is 9.59 Å². The average molecular weight is 270 g/mol. The van der Waals surface area contributed by atoms with Crippen molar-refractivity contribution in [3.05, 3.63) is 12.2 Å². The normalized spacial score (nSPS) is 13.3. The summed E-state index contributed by atoms with van der Waals surface area (Å²) in [6.45, 7) is 9.72. The van der Waals surface area contributed by atoms with Gasteiger partial charge in [-0.2, -0.15) is 0 Å². The molecule has 110 valence electrons. The molecule has 0 N–H and O–H groups in total. The zero-order valence-electron chi connectivity index (χ0n) is 12.7. The molecule has 0 saturated carbocycles. The lowest BCUT2D eigenvalue weighted by atomic mass is 9.74. The number of hydrogen-bond acceptors (Lipinski definition) is 4. The highest BCUT2D eigenvalue weighted by molar-refractivity contribution is 6.02. The number of esters is 2. The molecule has 0 fully saturated rings. The highest BCUT2D eigenvalue weighted by atomic mass is 16.6. The standard InChI is InChI=1S/C15H26O4/c1-6-10-11-15(12(5)7-2,13(16)18-8-3)14(17)19-9-4/h10-12H,6-9H2,1-5H3/b11-10-/t12-/m0/s1. The van der Waals surface area contributed by atoms with Crippen LogP contribution in [0.25, 0.3) is 0 Å². The monoisotopic (exact) mass is 270 g/mol. The van der Waals surface area contributed by atoms with E-state index in [9.17, 15) is 9.59 Å². The first kappa shape index (κ1) is 17.7. The Balaban J connectivity index is 5.63. The van der Waals surface area contributed by atoms with E-state index < -0.39 is 17.4 Å². The maximum absolute atomic E-state index is 12.3. The van der Waals surface area contributed by atoms with Crippen molar-refractivity contribution in [1.29, 1.82) is 0 Å². The molecule has 4 nitrogen and oxygen atoms in total. The summed E-state index contributed by atoms with van der Waals surface area (Å²) in [6.07, 6.45) is 4.90. The molecular formula is C15H26O4. The van der Waals surface area contributed by atoms with E-state index in [1.807, 2.05) is 26.8 Å². The molecule has 0 saturated heterocycles. The van der Waals surface area contributed by atoms with E-state index in [2.05, 4.69) is 0 Å². The van der Waals surface area contributed by atoms with E-state index >= 15 is 0 Å². The average Bonchev–Trinajstić information content (AvgIpc) is 2.39. The van der Waals surface area contributed by atoms with Crippen LogP contribution in [0.15, 0.2) is 12.2 Å². The van der Waals surface area contributed by atoms with Crippen LogP contribution in [-0.4, -0.2) is 25.2 Å². The van der Waals surface area contributed by atoms with Crippen LogP contribution in [0.4, 0.5) is 0 Å². The molecule has 0 heterocycles. The van der Waals surface area contributed by atoms with Crippen LogP contribution < -0.4 is 0 Å². The molecule has 0 aromatic heterocycles. The molecule has 0 radical (unpaired) electrons. The number of ether oxygens (including phenoxy) is 2. The maximum atomic E-state index is 12.3. The van der Waals surface area contributed by atoms with Crippen molar-refractivity contribution in [2.75, 3.05) is 13.2 Å². The Bertz CT molecular complexity index is 302. The van der Waals surface area contributed by atoms with Gasteiger partial charge in [0, 0.05) is 0 Å². The van der Waals surface area contributed by atoms with E-state index in [0.29, 0.717) is 6.42 Å². The highest BCUT2D eigenvalue weighted by Gasteiger charge is 2.50. The topological polar surface area (TPSA) is 52.6 Å². The van der Waals surface area contributed by atoms with Gasteiger partial charge >= 0.3 is 11.9 Å². The van der Waals surface area contributed by atoms with Gasteiger partial charge in [-0.1, -0.05) is 39.3 Å². The van der Waals surface area contributed by atoms with Crippen LogP contribution in [0, 0.1) is 11.3 Å². The van der Waals surface area contributed by atoms with Crippen LogP contribution in [0.2, 0.25) is 0 Å². The summed E-state index contributed by atoms with van der Waals surface area (Å²) in [5, 5.41) is 0. The Labute approximate surface area is 116 Å². The second-order valence-electron chi connectivity index (χ2n) is 4.43. The van der Waals surface area contributed by atoms with Gasteiger partial charge < -0.3 is 9.47 Å². The molecule has 0 aromatic rings. The number of rotatable bonds is 8. The number of allylic oxidation sites excluding steroid dienone is 1. The summed E-state index contributed by atoms with van der Waals surface area (Å²) in [7, 11) is 0. The molecule has 0 spiro atoms. The quantitative estimate of drug-likeness (QED) is 0.386. The van der Waals surface area contributed by atoms with Crippen molar-refractivity contribution in [3.8, 4) is 0 Å². The fourth-order valence-corrected chi connectivity index (χ4v) is 1.91. The summed E-state index contributed by atoms with van der Waals surface area (Å²) in [5.74, 6) is -1.21. The maximum Gasteiger partial charge on any atom is 0.327 e. The molecule has 1 atom stereocenters. The Hall–Kier alpha value is -1.32. The van der Waals surface area contributed by atoms with Crippen LogP contribution in [-0.2, 0) is 19.1 Å². The predicted molar refractivity (Wildman–Crippen MR) is 74.6 cm³/mol. The van der Waals surface area contributed by atoms with Crippen LogP contribution in [0.3, 0.4) is 0 Å². The highest BCUT2D eigenvalue weighted by Crippen LogP contribution is 2.35. The van der Waals surface area contributed by atoms with E-state index in [4.69, 9.17) is 9.47 Å². The molecule has 4 heteroatoms. The van der Waals surface area contributed by atoms with Crippen LogP contribution in [0.5, 0.6) is 0 Å². The molecular weight excluding hydrogens is 244 g/mol. The largest absolute Gasteiger partial charge is 0.465 e. The van der Waals surface area contributed by atoms with Crippen molar-refractivity contribution in [2.24, 2.45) is 11.3 Å². The van der Waals surface area contributed by atoms with Crippen molar-refractivity contribution >= 4 is 11.9 Å². The molecule has 19 heavy (non-hydrogen) atoms. The number of carbonyl (C=O) groups excluding carboxylic acids is 2. The minimum absolute atomic E-state index is 0.173. The van der Waals surface area contributed by atoms with E-state index in [1.165, 1.54) is 0 Å². The van der Waals surface area contributed by atoms with Gasteiger partial charge in [-0.15, -0.1) is 0 Å².